The summed E-state index contributed by atoms with van der Waals surface area (Å²) in [5.74, 6) is 3.47. The van der Waals surface area contributed by atoms with E-state index in [0.29, 0.717) is 23.7 Å². The van der Waals surface area contributed by atoms with Crippen LogP contribution >= 0.6 is 0 Å². The fourth-order valence-corrected chi connectivity index (χ4v) is 9.80. The molecule has 3 rings (SSSR count). The third kappa shape index (κ3) is 14.4. The quantitative estimate of drug-likeness (QED) is 0.236. The Bertz CT molecular complexity index is 989. The maximum absolute atomic E-state index is 13.1. The highest BCUT2D eigenvalue weighted by molar-refractivity contribution is 5.76. The molecule has 0 heterocycles. The van der Waals surface area contributed by atoms with Gasteiger partial charge >= 0.3 is 11.9 Å². The molecule has 0 amide bonds. The molecular formula is C46H88O4. The van der Waals surface area contributed by atoms with Crippen molar-refractivity contribution in [1.82, 2.24) is 0 Å². The highest BCUT2D eigenvalue weighted by Gasteiger charge is 2.48. The van der Waals surface area contributed by atoms with Crippen LogP contribution in [-0.2, 0) is 19.1 Å². The van der Waals surface area contributed by atoms with E-state index in [0.717, 1.165) is 63.7 Å². The van der Waals surface area contributed by atoms with E-state index in [9.17, 15) is 9.59 Å². The molecule has 6 atom stereocenters. The predicted molar refractivity (Wildman–Crippen MR) is 215 cm³/mol. The van der Waals surface area contributed by atoms with Crippen LogP contribution in [0.25, 0.3) is 0 Å². The number of hydrogen-bond donors (Lipinski definition) is 0. The van der Waals surface area contributed by atoms with Crippen molar-refractivity contribution in [2.75, 3.05) is 0 Å². The molecule has 4 nitrogen and oxygen atoms in total. The first-order chi connectivity index (χ1) is 22.6. The molecule has 3 aliphatic rings. The summed E-state index contributed by atoms with van der Waals surface area (Å²) in [6, 6.07) is 0. The van der Waals surface area contributed by atoms with Gasteiger partial charge in [-0.1, -0.05) is 131 Å². The van der Waals surface area contributed by atoms with Gasteiger partial charge in [0.25, 0.3) is 0 Å². The predicted octanol–water partition coefficient (Wildman–Crippen LogP) is 13.9. The minimum atomic E-state index is -0.385. The van der Waals surface area contributed by atoms with Gasteiger partial charge in [0.15, 0.2) is 0 Å². The zero-order valence-corrected chi connectivity index (χ0v) is 37.2. The van der Waals surface area contributed by atoms with E-state index >= 15 is 0 Å². The summed E-state index contributed by atoms with van der Waals surface area (Å²) >= 11 is 0. The molecule has 0 aromatic rings. The minimum Gasteiger partial charge on any atom is -0.462 e. The molecule has 0 N–H and O–H groups in total. The highest BCUT2D eigenvalue weighted by atomic mass is 16.6. The lowest BCUT2D eigenvalue weighted by atomic mass is 9.62. The smallest absolute Gasteiger partial charge is 0.312 e. The van der Waals surface area contributed by atoms with Gasteiger partial charge in [-0.2, -0.15) is 0 Å². The number of ether oxygens (including phenoxy) is 2. The van der Waals surface area contributed by atoms with E-state index in [2.05, 4.69) is 118 Å². The lowest BCUT2D eigenvalue weighted by molar-refractivity contribution is -0.184. The zero-order chi connectivity index (χ0) is 39.1. The Morgan fingerprint density at radius 3 is 1.52 bits per heavy atom. The summed E-state index contributed by atoms with van der Waals surface area (Å²) in [4.78, 5) is 26.1. The average molecular weight is 705 g/mol. The second kappa shape index (κ2) is 18.3. The van der Waals surface area contributed by atoms with Gasteiger partial charge in [0.1, 0.15) is 11.7 Å². The fraction of sp³-hybridized carbons (Fsp3) is 0.957. The Morgan fingerprint density at radius 1 is 0.700 bits per heavy atom. The lowest BCUT2D eigenvalue weighted by Gasteiger charge is -2.49. The van der Waals surface area contributed by atoms with Crippen molar-refractivity contribution < 1.29 is 19.1 Å². The number of hydrogen-bond acceptors (Lipinski definition) is 4. The van der Waals surface area contributed by atoms with E-state index in [1.54, 1.807) is 0 Å². The maximum Gasteiger partial charge on any atom is 0.312 e. The first-order valence-electron chi connectivity index (χ1n) is 21.1. The third-order valence-corrected chi connectivity index (χ3v) is 12.4. The van der Waals surface area contributed by atoms with E-state index in [-0.39, 0.29) is 56.6 Å². The van der Waals surface area contributed by atoms with Crippen LogP contribution in [0.2, 0.25) is 0 Å². The number of fused-ring (bicyclic) bond motifs is 2. The van der Waals surface area contributed by atoms with Crippen LogP contribution in [0.3, 0.4) is 0 Å². The van der Waals surface area contributed by atoms with Crippen molar-refractivity contribution in [3.05, 3.63) is 0 Å². The van der Waals surface area contributed by atoms with Crippen LogP contribution in [0, 0.1) is 62.6 Å². The van der Waals surface area contributed by atoms with Crippen molar-refractivity contribution in [1.29, 1.82) is 0 Å². The highest BCUT2D eigenvalue weighted by Crippen LogP contribution is 2.51. The molecule has 0 radical (unpaired) electrons. The maximum atomic E-state index is 13.1. The van der Waals surface area contributed by atoms with Crippen LogP contribution in [0.15, 0.2) is 0 Å². The number of carbonyl (C=O) groups is 2. The standard InChI is InChI=1S/C24H46O2.C20H36O2.C2H6/c1-12-24(11,16-21(2,3)4)20(25)26-19-14-17(22(5,6)7)13-18(15-19)23(8,9)10;1-7-8-17(19(4,5)6)18(21)22-20-11-14(2)9-16(13-20)10-15(3)12-20;1-2/h17-19H,12-16H2,1-11H3;14-17H,7-13H2,1-6H3;1-2H3. The molecule has 2 bridgehead atoms. The van der Waals surface area contributed by atoms with Gasteiger partial charge in [-0.3, -0.25) is 9.59 Å². The van der Waals surface area contributed by atoms with Crippen LogP contribution in [0.1, 0.15) is 209 Å². The third-order valence-electron chi connectivity index (χ3n) is 12.4. The molecule has 0 spiro atoms. The zero-order valence-electron chi connectivity index (χ0n) is 37.2. The van der Waals surface area contributed by atoms with E-state index in [4.69, 9.17) is 9.47 Å². The number of esters is 2. The molecule has 50 heavy (non-hydrogen) atoms. The Labute approximate surface area is 313 Å². The minimum absolute atomic E-state index is 0.0102. The lowest BCUT2D eigenvalue weighted by Crippen LogP contribution is -2.49. The van der Waals surface area contributed by atoms with E-state index in [1.807, 2.05) is 13.8 Å². The molecule has 0 aliphatic heterocycles. The Kier molecular flexibility index (Phi) is 17.2. The second-order valence-electron chi connectivity index (χ2n) is 22.0. The van der Waals surface area contributed by atoms with E-state index < -0.39 is 0 Å². The molecule has 3 saturated carbocycles. The Balaban J connectivity index is 0.000000481. The second-order valence-corrected chi connectivity index (χ2v) is 22.0. The van der Waals surface area contributed by atoms with Crippen LogP contribution in [0.5, 0.6) is 0 Å². The first kappa shape index (κ1) is 47.0. The monoisotopic (exact) mass is 705 g/mol. The molecule has 0 saturated heterocycles. The first-order valence-corrected chi connectivity index (χ1v) is 21.1. The Hall–Kier alpha value is -1.06. The van der Waals surface area contributed by atoms with Crippen molar-refractivity contribution in [2.45, 2.75) is 220 Å². The van der Waals surface area contributed by atoms with Gasteiger partial charge < -0.3 is 9.47 Å². The molecule has 0 aromatic heterocycles. The van der Waals surface area contributed by atoms with Crippen LogP contribution in [-0.4, -0.2) is 23.6 Å². The molecule has 6 unspecified atom stereocenters. The van der Waals surface area contributed by atoms with E-state index in [1.165, 1.54) is 19.3 Å². The molecule has 296 valence electrons. The molecule has 4 heteroatoms. The molecule has 3 aliphatic carbocycles. The van der Waals surface area contributed by atoms with Gasteiger partial charge in [-0.15, -0.1) is 0 Å². The molecular weight excluding hydrogens is 617 g/mol. The largest absolute Gasteiger partial charge is 0.462 e. The summed E-state index contributed by atoms with van der Waals surface area (Å²) in [5.41, 5.74) is 0.0858. The Morgan fingerprint density at radius 2 is 1.16 bits per heavy atom. The van der Waals surface area contributed by atoms with Gasteiger partial charge in [0.2, 0.25) is 0 Å². The van der Waals surface area contributed by atoms with Crippen molar-refractivity contribution in [3.63, 3.8) is 0 Å². The number of rotatable bonds is 8. The summed E-state index contributed by atoms with van der Waals surface area (Å²) in [6.07, 6.45) is 12.9. The average Bonchev–Trinajstić information content (AvgIpc) is 2.93. The van der Waals surface area contributed by atoms with Crippen molar-refractivity contribution in [2.24, 2.45) is 62.6 Å². The molecule has 0 aromatic carbocycles. The summed E-state index contributed by atoms with van der Waals surface area (Å²) in [7, 11) is 0. The van der Waals surface area contributed by atoms with Gasteiger partial charge in [-0.05, 0) is 129 Å². The SMILES string of the molecule is CC.CCC(C)(CC(C)(C)C)C(=O)OC1CC(C(C)(C)C)CC(C(C)(C)C)C1.CCCC(C(=O)OC12CC(C)CC(CC(C)C1)C2)C(C)(C)C. The normalized spacial score (nSPS) is 30.7. The van der Waals surface area contributed by atoms with Crippen molar-refractivity contribution >= 4 is 11.9 Å². The van der Waals surface area contributed by atoms with Crippen molar-refractivity contribution in [3.8, 4) is 0 Å². The number of carbonyl (C=O) groups excluding carboxylic acids is 2. The fourth-order valence-electron chi connectivity index (χ4n) is 9.80. The van der Waals surface area contributed by atoms with Crippen LogP contribution in [0.4, 0.5) is 0 Å². The summed E-state index contributed by atoms with van der Waals surface area (Å²) < 4.78 is 12.5. The van der Waals surface area contributed by atoms with Gasteiger partial charge in [0, 0.05) is 0 Å². The molecule has 3 fully saturated rings. The summed E-state index contributed by atoms with van der Waals surface area (Å²) in [5, 5.41) is 0. The van der Waals surface area contributed by atoms with Gasteiger partial charge in [-0.25, -0.2) is 0 Å². The topological polar surface area (TPSA) is 52.6 Å². The van der Waals surface area contributed by atoms with Crippen LogP contribution < -0.4 is 0 Å². The van der Waals surface area contributed by atoms with Gasteiger partial charge in [0.05, 0.1) is 11.3 Å². The summed E-state index contributed by atoms with van der Waals surface area (Å²) in [6.45, 7) is 42.1.